The van der Waals surface area contributed by atoms with Gasteiger partial charge in [0.25, 0.3) is 0 Å². The van der Waals surface area contributed by atoms with E-state index >= 15 is 0 Å². The molecule has 22 heavy (non-hydrogen) atoms. The zero-order chi connectivity index (χ0) is 15.7. The number of amidine groups is 1. The predicted molar refractivity (Wildman–Crippen MR) is 94.0 cm³/mol. The summed E-state index contributed by atoms with van der Waals surface area (Å²) in [6, 6.07) is 8.15. The van der Waals surface area contributed by atoms with Crippen molar-refractivity contribution >= 4 is 32.9 Å². The minimum Gasteiger partial charge on any atom is -0.455 e. The summed E-state index contributed by atoms with van der Waals surface area (Å²) in [5.41, 5.74) is 8.74. The van der Waals surface area contributed by atoms with E-state index in [0.29, 0.717) is 0 Å². The zero-order valence-corrected chi connectivity index (χ0v) is 14.5. The number of hydrogen-bond donors (Lipinski definition) is 2. The number of nitrogens with one attached hydrogen (secondary N) is 1. The van der Waals surface area contributed by atoms with Crippen LogP contribution in [0.4, 0.5) is 0 Å². The molecule has 0 fully saturated rings. The third-order valence-corrected chi connectivity index (χ3v) is 4.89. The third-order valence-electron chi connectivity index (χ3n) is 3.64. The van der Waals surface area contributed by atoms with Crippen LogP contribution in [0.15, 0.2) is 34.9 Å². The molecule has 2 aromatic rings. The molecule has 1 aromatic heterocycles. The minimum absolute atomic E-state index is 0.160. The van der Waals surface area contributed by atoms with Gasteiger partial charge in [-0.05, 0) is 37.6 Å². The van der Waals surface area contributed by atoms with Crippen LogP contribution in [0.2, 0.25) is 0 Å². The fraction of sp³-hybridized carbons (Fsp3) is 0.250. The lowest BCUT2D eigenvalue weighted by atomic mass is 9.86. The van der Waals surface area contributed by atoms with E-state index in [4.69, 9.17) is 15.9 Å². The van der Waals surface area contributed by atoms with Crippen LogP contribution in [0.5, 0.6) is 11.5 Å². The fourth-order valence-electron chi connectivity index (χ4n) is 2.69. The summed E-state index contributed by atoms with van der Waals surface area (Å²) in [5.74, 6) is 2.72. The highest BCUT2D eigenvalue weighted by Gasteiger charge is 2.27. The summed E-state index contributed by atoms with van der Waals surface area (Å²) in [6.45, 7) is 1.98. The van der Waals surface area contributed by atoms with Crippen LogP contribution in [0.3, 0.4) is 0 Å². The topological polar surface area (TPSA) is 72.0 Å². The normalized spacial score (nSPS) is 15.6. The third kappa shape index (κ3) is 3.13. The second-order valence-electron chi connectivity index (χ2n) is 5.20. The molecule has 1 aliphatic heterocycles. The molecule has 0 bridgehead atoms. The number of aromatic nitrogens is 1. The summed E-state index contributed by atoms with van der Waals surface area (Å²) < 4.78 is 7.02. The van der Waals surface area contributed by atoms with Crippen molar-refractivity contribution in [2.24, 2.45) is 5.73 Å². The number of fused-ring (bicyclic) bond motifs is 2. The Balaban J connectivity index is 1.99. The van der Waals surface area contributed by atoms with Gasteiger partial charge in [0.05, 0.1) is 6.20 Å². The summed E-state index contributed by atoms with van der Waals surface area (Å²) in [4.78, 5) is 4.33. The first kappa shape index (κ1) is 15.4. The van der Waals surface area contributed by atoms with Crippen LogP contribution < -0.4 is 10.5 Å². The van der Waals surface area contributed by atoms with E-state index < -0.39 is 0 Å². The molecule has 1 aromatic carbocycles. The smallest absolute Gasteiger partial charge is 0.151 e. The number of nitrogens with zero attached hydrogens (tertiary/aromatic N) is 1. The summed E-state index contributed by atoms with van der Waals surface area (Å²) >= 11 is 4.91. The molecule has 0 radical (unpaired) electrons. The van der Waals surface area contributed by atoms with Crippen molar-refractivity contribution in [1.82, 2.24) is 4.98 Å². The van der Waals surface area contributed by atoms with E-state index in [1.165, 1.54) is 11.8 Å². The molecule has 1 aliphatic rings. The SMILES string of the molecule is Cc1cc2c(cn1)Oc1ccc(Br)cc1C2CCSC(=N)N. The van der Waals surface area contributed by atoms with Gasteiger partial charge in [-0.2, -0.15) is 0 Å². The monoisotopic (exact) mass is 377 g/mol. The van der Waals surface area contributed by atoms with Crippen molar-refractivity contribution in [3.63, 3.8) is 0 Å². The number of hydrogen-bond acceptors (Lipinski definition) is 4. The van der Waals surface area contributed by atoms with Crippen LogP contribution in [0.25, 0.3) is 0 Å². The van der Waals surface area contributed by atoms with Gasteiger partial charge in [-0.15, -0.1) is 0 Å². The molecule has 6 heteroatoms. The van der Waals surface area contributed by atoms with Crippen molar-refractivity contribution in [1.29, 1.82) is 5.41 Å². The lowest BCUT2D eigenvalue weighted by Crippen LogP contribution is -2.13. The van der Waals surface area contributed by atoms with Crippen molar-refractivity contribution in [2.75, 3.05) is 5.75 Å². The number of aryl methyl sites for hydroxylation is 1. The van der Waals surface area contributed by atoms with Gasteiger partial charge in [-0.3, -0.25) is 10.4 Å². The first-order chi connectivity index (χ1) is 10.5. The number of rotatable bonds is 3. The predicted octanol–water partition coefficient (Wildman–Crippen LogP) is 4.41. The minimum atomic E-state index is 0.160. The molecule has 0 amide bonds. The van der Waals surface area contributed by atoms with Crippen molar-refractivity contribution in [3.05, 3.63) is 51.8 Å². The number of halogens is 1. The Bertz CT molecular complexity index is 684. The Kier molecular flexibility index (Phi) is 4.40. The summed E-state index contributed by atoms with van der Waals surface area (Å²) in [5, 5.41) is 7.53. The number of benzene rings is 1. The molecule has 114 valence electrons. The van der Waals surface area contributed by atoms with Crippen LogP contribution in [0, 0.1) is 12.3 Å². The maximum Gasteiger partial charge on any atom is 0.151 e. The largest absolute Gasteiger partial charge is 0.455 e. The fourth-order valence-corrected chi connectivity index (χ4v) is 3.65. The number of ether oxygens (including phenoxy) is 1. The summed E-state index contributed by atoms with van der Waals surface area (Å²) in [7, 11) is 0. The van der Waals surface area contributed by atoms with Gasteiger partial charge in [-0.1, -0.05) is 27.7 Å². The summed E-state index contributed by atoms with van der Waals surface area (Å²) in [6.07, 6.45) is 2.69. The van der Waals surface area contributed by atoms with Gasteiger partial charge in [-0.25, -0.2) is 0 Å². The number of thioether (sulfide) groups is 1. The lowest BCUT2D eigenvalue weighted by molar-refractivity contribution is 0.441. The molecule has 3 rings (SSSR count). The molecule has 0 aliphatic carbocycles. The van der Waals surface area contributed by atoms with Crippen molar-refractivity contribution in [2.45, 2.75) is 19.3 Å². The van der Waals surface area contributed by atoms with E-state index in [9.17, 15) is 0 Å². The Labute approximate surface area is 142 Å². The second kappa shape index (κ2) is 6.30. The van der Waals surface area contributed by atoms with Crippen LogP contribution in [-0.2, 0) is 0 Å². The highest BCUT2D eigenvalue weighted by Crippen LogP contribution is 2.46. The Morgan fingerprint density at radius 1 is 1.36 bits per heavy atom. The van der Waals surface area contributed by atoms with Crippen LogP contribution in [-0.4, -0.2) is 15.9 Å². The van der Waals surface area contributed by atoms with Crippen molar-refractivity contribution < 1.29 is 4.74 Å². The lowest BCUT2D eigenvalue weighted by Gasteiger charge is -2.28. The standard InChI is InChI=1S/C16H16BrN3OS/c1-9-6-12-11(4-5-22-16(18)19)13-7-10(17)2-3-14(13)21-15(12)8-20-9/h2-3,6-8,11H,4-5H2,1H3,(H3,18,19). The zero-order valence-electron chi connectivity index (χ0n) is 12.1. The highest BCUT2D eigenvalue weighted by atomic mass is 79.9. The molecular weight excluding hydrogens is 362 g/mol. The molecule has 0 saturated carbocycles. The molecular formula is C16H16BrN3OS. The average molecular weight is 378 g/mol. The number of nitrogens with two attached hydrogens (primary N) is 1. The number of pyridine rings is 1. The molecule has 1 atom stereocenters. The Morgan fingerprint density at radius 2 is 2.14 bits per heavy atom. The maximum atomic E-state index is 7.37. The van der Waals surface area contributed by atoms with Gasteiger partial charge in [0.15, 0.2) is 5.17 Å². The first-order valence-electron chi connectivity index (χ1n) is 6.95. The average Bonchev–Trinajstić information content (AvgIpc) is 2.47. The van der Waals surface area contributed by atoms with E-state index in [-0.39, 0.29) is 11.1 Å². The first-order valence-corrected chi connectivity index (χ1v) is 8.73. The molecule has 2 heterocycles. The Hall–Kier alpha value is -1.53. The van der Waals surface area contributed by atoms with E-state index in [2.05, 4.69) is 33.0 Å². The van der Waals surface area contributed by atoms with Gasteiger partial charge in [0.2, 0.25) is 0 Å². The van der Waals surface area contributed by atoms with Gasteiger partial charge in [0, 0.05) is 33.0 Å². The molecule has 1 unspecified atom stereocenters. The Morgan fingerprint density at radius 3 is 2.91 bits per heavy atom. The van der Waals surface area contributed by atoms with Crippen LogP contribution in [0.1, 0.15) is 29.2 Å². The quantitative estimate of drug-likeness (QED) is 0.613. The van der Waals surface area contributed by atoms with Gasteiger partial charge in [0.1, 0.15) is 11.5 Å². The van der Waals surface area contributed by atoms with E-state index in [1.807, 2.05) is 19.1 Å². The highest BCUT2D eigenvalue weighted by molar-refractivity contribution is 9.10. The van der Waals surface area contributed by atoms with Gasteiger partial charge >= 0.3 is 0 Å². The molecule has 4 nitrogen and oxygen atoms in total. The molecule has 0 spiro atoms. The molecule has 3 N–H and O–H groups in total. The maximum absolute atomic E-state index is 7.37. The van der Waals surface area contributed by atoms with E-state index in [0.717, 1.165) is 45.0 Å². The van der Waals surface area contributed by atoms with Crippen molar-refractivity contribution in [3.8, 4) is 11.5 Å². The molecule has 0 saturated heterocycles. The second-order valence-corrected chi connectivity index (χ2v) is 7.25. The van der Waals surface area contributed by atoms with Gasteiger partial charge < -0.3 is 10.5 Å². The van der Waals surface area contributed by atoms with E-state index in [1.54, 1.807) is 6.20 Å². The van der Waals surface area contributed by atoms with Crippen LogP contribution >= 0.6 is 27.7 Å².